The standard InChI is InChI=1S/C20H23FN2O4S/c1-15-3-4-16(2)19(13-15)28(25,26)23-11-9-22(10-12-23)20(24)14-27-18-7-5-17(21)6-8-18/h3-8,13H,9-12,14H2,1-2H3. The van der Waals surface area contributed by atoms with E-state index in [1.165, 1.54) is 28.6 Å². The SMILES string of the molecule is Cc1ccc(C)c(S(=O)(=O)N2CCN(C(=O)COc3ccc(F)cc3)CC2)c1. The Morgan fingerprint density at radius 1 is 1.04 bits per heavy atom. The van der Waals surface area contributed by atoms with Crippen molar-refractivity contribution in [2.75, 3.05) is 32.8 Å². The molecule has 0 aromatic heterocycles. The number of amides is 1. The fourth-order valence-corrected chi connectivity index (χ4v) is 4.80. The van der Waals surface area contributed by atoms with Gasteiger partial charge in [-0.05, 0) is 55.3 Å². The number of aryl methyl sites for hydroxylation is 2. The average molecular weight is 406 g/mol. The zero-order valence-corrected chi connectivity index (χ0v) is 16.7. The first-order chi connectivity index (χ1) is 13.3. The number of halogens is 1. The third-order valence-electron chi connectivity index (χ3n) is 4.73. The summed E-state index contributed by atoms with van der Waals surface area (Å²) in [4.78, 5) is 14.2. The van der Waals surface area contributed by atoms with E-state index in [-0.39, 0.29) is 31.4 Å². The van der Waals surface area contributed by atoms with Crippen molar-refractivity contribution in [2.24, 2.45) is 0 Å². The van der Waals surface area contributed by atoms with Gasteiger partial charge in [-0.2, -0.15) is 4.31 Å². The highest BCUT2D eigenvalue weighted by Gasteiger charge is 2.31. The first-order valence-corrected chi connectivity index (χ1v) is 10.4. The Balaban J connectivity index is 1.58. The molecule has 0 radical (unpaired) electrons. The normalized spacial score (nSPS) is 15.5. The van der Waals surface area contributed by atoms with Gasteiger partial charge < -0.3 is 9.64 Å². The van der Waals surface area contributed by atoms with E-state index in [2.05, 4.69) is 0 Å². The Hall–Kier alpha value is -2.45. The lowest BCUT2D eigenvalue weighted by atomic mass is 10.2. The lowest BCUT2D eigenvalue weighted by Gasteiger charge is -2.34. The van der Waals surface area contributed by atoms with Crippen LogP contribution in [0.25, 0.3) is 0 Å². The van der Waals surface area contributed by atoms with E-state index in [0.717, 1.165) is 5.56 Å². The Kier molecular flexibility index (Phi) is 6.00. The molecule has 1 amide bonds. The molecule has 1 heterocycles. The lowest BCUT2D eigenvalue weighted by Crippen LogP contribution is -2.51. The van der Waals surface area contributed by atoms with E-state index in [1.807, 2.05) is 13.0 Å². The third-order valence-corrected chi connectivity index (χ3v) is 6.77. The van der Waals surface area contributed by atoms with Crippen LogP contribution in [0.15, 0.2) is 47.4 Å². The maximum atomic E-state index is 12.9. The van der Waals surface area contributed by atoms with Gasteiger partial charge in [0, 0.05) is 26.2 Å². The summed E-state index contributed by atoms with van der Waals surface area (Å²) in [6, 6.07) is 10.8. The quantitative estimate of drug-likeness (QED) is 0.765. The molecule has 0 unspecified atom stereocenters. The minimum atomic E-state index is -3.60. The summed E-state index contributed by atoms with van der Waals surface area (Å²) in [5.74, 6) is -0.196. The summed E-state index contributed by atoms with van der Waals surface area (Å²) < 4.78 is 45.6. The van der Waals surface area contributed by atoms with Crippen LogP contribution in [0.2, 0.25) is 0 Å². The zero-order chi connectivity index (χ0) is 20.3. The number of nitrogens with zero attached hydrogens (tertiary/aromatic N) is 2. The van der Waals surface area contributed by atoms with E-state index in [1.54, 1.807) is 24.0 Å². The van der Waals surface area contributed by atoms with Crippen molar-refractivity contribution >= 4 is 15.9 Å². The molecule has 1 aliphatic heterocycles. The van der Waals surface area contributed by atoms with Crippen LogP contribution in [0.1, 0.15) is 11.1 Å². The minimum absolute atomic E-state index is 0.171. The number of carbonyl (C=O) groups excluding carboxylic acids is 1. The number of piperazine rings is 1. The third kappa shape index (κ3) is 4.51. The highest BCUT2D eigenvalue weighted by Crippen LogP contribution is 2.22. The van der Waals surface area contributed by atoms with Crippen LogP contribution in [0.3, 0.4) is 0 Å². The fourth-order valence-electron chi connectivity index (χ4n) is 3.07. The van der Waals surface area contributed by atoms with Gasteiger partial charge in [0.25, 0.3) is 5.91 Å². The molecule has 0 spiro atoms. The molecule has 1 aliphatic rings. The molecular formula is C20H23FN2O4S. The molecule has 6 nitrogen and oxygen atoms in total. The smallest absolute Gasteiger partial charge is 0.260 e. The van der Waals surface area contributed by atoms with E-state index in [0.29, 0.717) is 29.3 Å². The molecule has 28 heavy (non-hydrogen) atoms. The lowest BCUT2D eigenvalue weighted by molar-refractivity contribution is -0.134. The topological polar surface area (TPSA) is 66.9 Å². The van der Waals surface area contributed by atoms with Crippen molar-refractivity contribution in [3.63, 3.8) is 0 Å². The summed E-state index contributed by atoms with van der Waals surface area (Å²) in [7, 11) is -3.60. The van der Waals surface area contributed by atoms with E-state index < -0.39 is 10.0 Å². The predicted octanol–water partition coefficient (Wildman–Crippen LogP) is 2.35. The summed E-state index contributed by atoms with van der Waals surface area (Å²) >= 11 is 0. The second-order valence-electron chi connectivity index (χ2n) is 6.80. The molecule has 1 fully saturated rings. The maximum absolute atomic E-state index is 12.9. The second-order valence-corrected chi connectivity index (χ2v) is 8.70. The van der Waals surface area contributed by atoms with Crippen LogP contribution in [0.5, 0.6) is 5.75 Å². The average Bonchev–Trinajstić information content (AvgIpc) is 2.69. The van der Waals surface area contributed by atoms with Crippen molar-refractivity contribution in [3.05, 3.63) is 59.4 Å². The Bertz CT molecular complexity index is 953. The van der Waals surface area contributed by atoms with Gasteiger partial charge in [0.05, 0.1) is 4.90 Å². The Morgan fingerprint density at radius 3 is 2.32 bits per heavy atom. The number of rotatable bonds is 5. The number of hydrogen-bond acceptors (Lipinski definition) is 4. The molecule has 0 saturated carbocycles. The molecule has 3 rings (SSSR count). The maximum Gasteiger partial charge on any atom is 0.260 e. The largest absolute Gasteiger partial charge is 0.484 e. The molecule has 8 heteroatoms. The van der Waals surface area contributed by atoms with Gasteiger partial charge in [0.1, 0.15) is 11.6 Å². The van der Waals surface area contributed by atoms with Gasteiger partial charge in [-0.25, -0.2) is 12.8 Å². The monoisotopic (exact) mass is 406 g/mol. The molecule has 2 aromatic carbocycles. The Morgan fingerprint density at radius 2 is 1.68 bits per heavy atom. The highest BCUT2D eigenvalue weighted by molar-refractivity contribution is 7.89. The zero-order valence-electron chi connectivity index (χ0n) is 15.9. The number of benzene rings is 2. The summed E-state index contributed by atoms with van der Waals surface area (Å²) in [6.45, 7) is 4.53. The second kappa shape index (κ2) is 8.28. The molecular weight excluding hydrogens is 383 g/mol. The molecule has 0 aliphatic carbocycles. The van der Waals surface area contributed by atoms with Gasteiger partial charge in [-0.1, -0.05) is 12.1 Å². The molecule has 1 saturated heterocycles. The van der Waals surface area contributed by atoms with Crippen LogP contribution < -0.4 is 4.74 Å². The van der Waals surface area contributed by atoms with E-state index in [9.17, 15) is 17.6 Å². The molecule has 0 bridgehead atoms. The van der Waals surface area contributed by atoms with Crippen molar-refractivity contribution in [3.8, 4) is 5.75 Å². The van der Waals surface area contributed by atoms with E-state index >= 15 is 0 Å². The van der Waals surface area contributed by atoms with Crippen molar-refractivity contribution in [2.45, 2.75) is 18.7 Å². The van der Waals surface area contributed by atoms with E-state index in [4.69, 9.17) is 4.74 Å². The fraction of sp³-hybridized carbons (Fsp3) is 0.350. The van der Waals surface area contributed by atoms with Crippen molar-refractivity contribution in [1.82, 2.24) is 9.21 Å². The molecule has 0 N–H and O–H groups in total. The molecule has 0 atom stereocenters. The van der Waals surface area contributed by atoms with Gasteiger partial charge in [0.2, 0.25) is 10.0 Å². The van der Waals surface area contributed by atoms with Gasteiger partial charge >= 0.3 is 0 Å². The number of hydrogen-bond donors (Lipinski definition) is 0. The van der Waals surface area contributed by atoms with Crippen LogP contribution in [-0.2, 0) is 14.8 Å². The van der Waals surface area contributed by atoms with Crippen LogP contribution >= 0.6 is 0 Å². The van der Waals surface area contributed by atoms with Crippen molar-refractivity contribution in [1.29, 1.82) is 0 Å². The number of ether oxygens (including phenoxy) is 1. The molecule has 150 valence electrons. The Labute approximate surface area is 164 Å². The van der Waals surface area contributed by atoms with Gasteiger partial charge in [0.15, 0.2) is 6.61 Å². The first kappa shape index (κ1) is 20.3. The van der Waals surface area contributed by atoms with Gasteiger partial charge in [-0.3, -0.25) is 4.79 Å². The highest BCUT2D eigenvalue weighted by atomic mass is 32.2. The predicted molar refractivity (Wildman–Crippen MR) is 103 cm³/mol. The summed E-state index contributed by atoms with van der Waals surface area (Å²) in [6.07, 6.45) is 0. The first-order valence-electron chi connectivity index (χ1n) is 9.01. The summed E-state index contributed by atoms with van der Waals surface area (Å²) in [5.41, 5.74) is 1.59. The van der Waals surface area contributed by atoms with Crippen LogP contribution in [-0.4, -0.2) is 56.3 Å². The van der Waals surface area contributed by atoms with Crippen molar-refractivity contribution < 1.29 is 22.3 Å². The summed E-state index contributed by atoms with van der Waals surface area (Å²) in [5, 5.41) is 0. The number of sulfonamides is 1. The minimum Gasteiger partial charge on any atom is -0.484 e. The van der Waals surface area contributed by atoms with Crippen LogP contribution in [0.4, 0.5) is 4.39 Å². The van der Waals surface area contributed by atoms with Gasteiger partial charge in [-0.15, -0.1) is 0 Å². The molecule has 2 aromatic rings. The van der Waals surface area contributed by atoms with Crippen LogP contribution in [0, 0.1) is 19.7 Å². The number of carbonyl (C=O) groups is 1.